The molecule has 2 aromatic heterocycles. The van der Waals surface area contributed by atoms with E-state index in [-0.39, 0.29) is 23.4 Å². The SMILES string of the molecule is CCCCCCCCCCCCCCCCOc1nc2ccc(C)cc2c(=O)o1.CCCCCCCCCCCCCCCCOc1nc2ccc(C)cc2c(=O)o1. The summed E-state index contributed by atoms with van der Waals surface area (Å²) in [5.74, 6) is 0. The minimum absolute atomic E-state index is 0.0843. The van der Waals surface area contributed by atoms with E-state index in [1.807, 2.05) is 38.1 Å². The highest BCUT2D eigenvalue weighted by molar-refractivity contribution is 5.78. The molecular weight excluding hydrogens is 725 g/mol. The predicted octanol–water partition coefficient (Wildman–Crippen LogP) is 14.7. The van der Waals surface area contributed by atoms with Crippen LogP contribution in [0.3, 0.4) is 0 Å². The standard InChI is InChI=1S/2C25H39NO3/c2*1-3-4-5-6-7-8-9-10-11-12-13-14-15-16-19-28-25-26-23-18-17-21(2)20-22(23)24(27)29-25/h2*17-18,20H,3-16,19H2,1-2H3. The van der Waals surface area contributed by atoms with Gasteiger partial charge in [-0.25, -0.2) is 9.59 Å². The third-order valence-electron chi connectivity index (χ3n) is 11.0. The number of aromatic nitrogens is 2. The van der Waals surface area contributed by atoms with Crippen molar-refractivity contribution >= 4 is 21.8 Å². The molecule has 2 heterocycles. The Labute approximate surface area is 350 Å². The van der Waals surface area contributed by atoms with Crippen LogP contribution in [-0.2, 0) is 0 Å². The average molecular weight is 803 g/mol. The second kappa shape index (κ2) is 31.3. The third-order valence-corrected chi connectivity index (χ3v) is 11.0. The van der Waals surface area contributed by atoms with E-state index in [4.69, 9.17) is 18.3 Å². The molecule has 0 aliphatic carbocycles. The molecule has 4 aromatic rings. The van der Waals surface area contributed by atoms with E-state index in [0.29, 0.717) is 35.0 Å². The zero-order chi connectivity index (χ0) is 41.5. The summed E-state index contributed by atoms with van der Waals surface area (Å²) in [6.45, 7) is 9.53. The van der Waals surface area contributed by atoms with E-state index >= 15 is 0 Å². The summed E-state index contributed by atoms with van der Waals surface area (Å²) in [6.07, 6.45) is 37.4. The van der Waals surface area contributed by atoms with Crippen molar-refractivity contribution in [2.45, 2.75) is 207 Å². The molecule has 0 aliphatic heterocycles. The van der Waals surface area contributed by atoms with Crippen LogP contribution < -0.4 is 20.7 Å². The number of nitrogens with zero attached hydrogens (tertiary/aromatic N) is 2. The van der Waals surface area contributed by atoms with E-state index in [9.17, 15) is 9.59 Å². The molecule has 8 heteroatoms. The summed E-state index contributed by atoms with van der Waals surface area (Å²) in [6, 6.07) is 11.1. The summed E-state index contributed by atoms with van der Waals surface area (Å²) in [7, 11) is 0. The number of hydrogen-bond donors (Lipinski definition) is 0. The van der Waals surface area contributed by atoms with Crippen molar-refractivity contribution in [3.63, 3.8) is 0 Å². The van der Waals surface area contributed by atoms with Gasteiger partial charge in [-0.2, -0.15) is 9.97 Å². The maximum Gasteiger partial charge on any atom is 0.397 e. The molecule has 2 aromatic carbocycles. The Morgan fingerprint density at radius 3 is 0.983 bits per heavy atom. The summed E-state index contributed by atoms with van der Waals surface area (Å²) in [5, 5.41) is 1.02. The van der Waals surface area contributed by atoms with Gasteiger partial charge in [0.05, 0.1) is 35.0 Å². The van der Waals surface area contributed by atoms with Crippen LogP contribution in [0.25, 0.3) is 21.8 Å². The van der Waals surface area contributed by atoms with E-state index in [0.717, 1.165) is 36.8 Å². The lowest BCUT2D eigenvalue weighted by atomic mass is 10.0. The zero-order valence-electron chi connectivity index (χ0n) is 37.0. The van der Waals surface area contributed by atoms with Gasteiger partial charge in [0.2, 0.25) is 0 Å². The summed E-state index contributed by atoms with van der Waals surface area (Å²) >= 11 is 0. The number of ether oxygens (including phenoxy) is 2. The maximum absolute atomic E-state index is 12.0. The van der Waals surface area contributed by atoms with Crippen LogP contribution in [0, 0.1) is 13.8 Å². The van der Waals surface area contributed by atoms with Crippen molar-refractivity contribution in [1.82, 2.24) is 9.97 Å². The lowest BCUT2D eigenvalue weighted by molar-refractivity contribution is 0.211. The molecule has 324 valence electrons. The molecule has 0 radical (unpaired) electrons. The fourth-order valence-electron chi connectivity index (χ4n) is 7.37. The molecular formula is C50H78N2O6. The Balaban J connectivity index is 0.000000310. The van der Waals surface area contributed by atoms with Gasteiger partial charge < -0.3 is 18.3 Å². The first-order chi connectivity index (χ1) is 28.4. The zero-order valence-corrected chi connectivity index (χ0v) is 37.0. The van der Waals surface area contributed by atoms with Gasteiger partial charge in [0, 0.05) is 0 Å². The highest BCUT2D eigenvalue weighted by atomic mass is 16.6. The highest BCUT2D eigenvalue weighted by Gasteiger charge is 2.09. The Hall–Kier alpha value is -3.68. The van der Waals surface area contributed by atoms with Crippen molar-refractivity contribution in [1.29, 1.82) is 0 Å². The molecule has 0 aliphatic rings. The minimum Gasteiger partial charge on any atom is -0.450 e. The van der Waals surface area contributed by atoms with Crippen LogP contribution in [0.15, 0.2) is 54.8 Å². The molecule has 8 nitrogen and oxygen atoms in total. The van der Waals surface area contributed by atoms with Gasteiger partial charge in [0.25, 0.3) is 0 Å². The number of fused-ring (bicyclic) bond motifs is 2. The van der Waals surface area contributed by atoms with Crippen molar-refractivity contribution in [3.8, 4) is 12.2 Å². The maximum atomic E-state index is 12.0. The fourth-order valence-corrected chi connectivity index (χ4v) is 7.37. The molecule has 4 rings (SSSR count). The topological polar surface area (TPSA) is 105 Å². The number of aryl methyl sites for hydroxylation is 2. The quantitative estimate of drug-likeness (QED) is 0.0450. The van der Waals surface area contributed by atoms with Gasteiger partial charge in [-0.15, -0.1) is 0 Å². The van der Waals surface area contributed by atoms with Crippen molar-refractivity contribution in [2.24, 2.45) is 0 Å². The molecule has 0 fully saturated rings. The Kier molecular flexibility index (Phi) is 26.2. The first-order valence-electron chi connectivity index (χ1n) is 23.5. The van der Waals surface area contributed by atoms with Gasteiger partial charge >= 0.3 is 23.4 Å². The second-order valence-electron chi connectivity index (χ2n) is 16.5. The molecule has 0 amide bonds. The van der Waals surface area contributed by atoms with Crippen molar-refractivity contribution < 1.29 is 18.3 Å². The molecule has 0 unspecified atom stereocenters. The predicted molar refractivity (Wildman–Crippen MR) is 242 cm³/mol. The largest absolute Gasteiger partial charge is 0.450 e. The molecule has 0 N–H and O–H groups in total. The van der Waals surface area contributed by atoms with Gasteiger partial charge in [-0.3, -0.25) is 0 Å². The van der Waals surface area contributed by atoms with Crippen LogP contribution in [0.5, 0.6) is 12.2 Å². The molecule has 0 spiro atoms. The lowest BCUT2D eigenvalue weighted by Gasteiger charge is -2.05. The second-order valence-corrected chi connectivity index (χ2v) is 16.5. The van der Waals surface area contributed by atoms with Crippen LogP contribution in [0.4, 0.5) is 0 Å². The molecule has 58 heavy (non-hydrogen) atoms. The van der Waals surface area contributed by atoms with Gasteiger partial charge in [0.15, 0.2) is 0 Å². The monoisotopic (exact) mass is 803 g/mol. The van der Waals surface area contributed by atoms with Gasteiger partial charge in [-0.1, -0.05) is 204 Å². The van der Waals surface area contributed by atoms with Crippen LogP contribution >= 0.6 is 0 Å². The van der Waals surface area contributed by atoms with Crippen molar-refractivity contribution in [3.05, 3.63) is 68.4 Å². The van der Waals surface area contributed by atoms with E-state index in [1.165, 1.54) is 154 Å². The number of unbranched alkanes of at least 4 members (excludes halogenated alkanes) is 26. The molecule has 0 bridgehead atoms. The summed E-state index contributed by atoms with van der Waals surface area (Å²) in [5.41, 5.74) is 2.53. The number of hydrogen-bond acceptors (Lipinski definition) is 8. The fraction of sp³-hybridized carbons (Fsp3) is 0.680. The first kappa shape index (κ1) is 48.7. The van der Waals surface area contributed by atoms with E-state index < -0.39 is 0 Å². The van der Waals surface area contributed by atoms with Gasteiger partial charge in [-0.05, 0) is 51.0 Å². The molecule has 0 atom stereocenters. The summed E-state index contributed by atoms with van der Waals surface area (Å²) in [4.78, 5) is 32.6. The highest BCUT2D eigenvalue weighted by Crippen LogP contribution is 2.18. The lowest BCUT2D eigenvalue weighted by Crippen LogP contribution is -2.06. The van der Waals surface area contributed by atoms with E-state index in [1.54, 1.807) is 12.1 Å². The van der Waals surface area contributed by atoms with Crippen LogP contribution in [-0.4, -0.2) is 23.2 Å². The van der Waals surface area contributed by atoms with Crippen LogP contribution in [0.2, 0.25) is 0 Å². The molecule has 0 saturated carbocycles. The average Bonchev–Trinajstić information content (AvgIpc) is 3.21. The van der Waals surface area contributed by atoms with E-state index in [2.05, 4.69) is 23.8 Å². The molecule has 0 saturated heterocycles. The number of benzene rings is 2. The smallest absolute Gasteiger partial charge is 0.397 e. The Morgan fingerprint density at radius 1 is 0.414 bits per heavy atom. The first-order valence-corrected chi connectivity index (χ1v) is 23.5. The van der Waals surface area contributed by atoms with Gasteiger partial charge in [0.1, 0.15) is 0 Å². The van der Waals surface area contributed by atoms with Crippen LogP contribution in [0.1, 0.15) is 205 Å². The Bertz CT molecular complexity index is 1640. The van der Waals surface area contributed by atoms with Crippen molar-refractivity contribution in [2.75, 3.05) is 13.2 Å². The third kappa shape index (κ3) is 21.4. The summed E-state index contributed by atoms with van der Waals surface area (Å²) < 4.78 is 21.5. The Morgan fingerprint density at radius 2 is 0.690 bits per heavy atom. The normalized spacial score (nSPS) is 11.2. The number of rotatable bonds is 32. The minimum atomic E-state index is -0.380.